The molecule has 404 valence electrons. The molecule has 16 rings (SSSR count). The minimum Gasteiger partial charge on any atom is -0.310 e. The molecule has 16 aromatic rings. The third-order valence-electron chi connectivity index (χ3n) is 16.7. The Kier molecular flexibility index (Phi) is 12.4. The van der Waals surface area contributed by atoms with E-state index in [1.807, 2.05) is 24.3 Å². The van der Waals surface area contributed by atoms with Gasteiger partial charge in [-0.1, -0.05) is 194 Å². The van der Waals surface area contributed by atoms with Crippen LogP contribution < -0.4 is 9.80 Å². The monoisotopic (exact) mass is 1100 g/mol. The van der Waals surface area contributed by atoms with Crippen molar-refractivity contribution in [1.82, 2.24) is 19.1 Å². The van der Waals surface area contributed by atoms with Crippen LogP contribution in [0.4, 0.5) is 34.1 Å². The van der Waals surface area contributed by atoms with Crippen molar-refractivity contribution >= 4 is 88.8 Å². The first kappa shape index (κ1) is 50.2. The summed E-state index contributed by atoms with van der Waals surface area (Å²) in [6.45, 7) is 0. The highest BCUT2D eigenvalue weighted by molar-refractivity contribution is 6.10. The maximum absolute atomic E-state index is 5.40. The highest BCUT2D eigenvalue weighted by Gasteiger charge is 2.21. The number of para-hydroxylation sites is 6. The van der Waals surface area contributed by atoms with E-state index in [2.05, 4.69) is 322 Å². The summed E-state index contributed by atoms with van der Waals surface area (Å²) < 4.78 is 4.74. The van der Waals surface area contributed by atoms with Crippen molar-refractivity contribution < 1.29 is 0 Å². The molecule has 0 bridgehead atoms. The lowest BCUT2D eigenvalue weighted by molar-refractivity contribution is 1.17. The van der Waals surface area contributed by atoms with Gasteiger partial charge in [0.05, 0.1) is 44.5 Å². The smallest absolute Gasteiger partial charge is 0.0973 e. The van der Waals surface area contributed by atoms with Crippen molar-refractivity contribution in [2.45, 2.75) is 0 Å². The fourth-order valence-corrected chi connectivity index (χ4v) is 12.6. The molecule has 0 saturated heterocycles. The van der Waals surface area contributed by atoms with Gasteiger partial charge in [0, 0.05) is 78.2 Å². The molecular weight excluding hydrogens is 1040 g/mol. The van der Waals surface area contributed by atoms with Crippen LogP contribution in [-0.4, -0.2) is 19.1 Å². The minimum absolute atomic E-state index is 0.809. The first-order valence-corrected chi connectivity index (χ1v) is 29.2. The van der Waals surface area contributed by atoms with E-state index in [4.69, 9.17) is 9.97 Å². The lowest BCUT2D eigenvalue weighted by atomic mass is 10.0. The molecule has 0 amide bonds. The molecule has 0 aliphatic rings. The minimum atomic E-state index is 0.809. The van der Waals surface area contributed by atoms with Gasteiger partial charge in [-0.2, -0.15) is 0 Å². The zero-order valence-electron chi connectivity index (χ0n) is 46.9. The summed E-state index contributed by atoms with van der Waals surface area (Å²) in [5.41, 5.74) is 23.0. The topological polar surface area (TPSA) is 42.1 Å². The van der Waals surface area contributed by atoms with Crippen LogP contribution in [0.2, 0.25) is 0 Å². The number of benzene rings is 13. The van der Waals surface area contributed by atoms with E-state index in [1.165, 1.54) is 43.6 Å². The number of aromatic nitrogens is 4. The van der Waals surface area contributed by atoms with Crippen LogP contribution in [0.5, 0.6) is 0 Å². The van der Waals surface area contributed by atoms with Crippen molar-refractivity contribution in [2.75, 3.05) is 9.80 Å². The maximum atomic E-state index is 5.40. The van der Waals surface area contributed by atoms with Crippen LogP contribution in [0, 0.1) is 0 Å². The van der Waals surface area contributed by atoms with Gasteiger partial charge in [0.2, 0.25) is 0 Å². The van der Waals surface area contributed by atoms with Gasteiger partial charge < -0.3 is 18.9 Å². The number of hydrogen-bond acceptors (Lipinski definition) is 4. The fourth-order valence-electron chi connectivity index (χ4n) is 12.6. The molecule has 0 unspecified atom stereocenters. The Morgan fingerprint density at radius 3 is 0.849 bits per heavy atom. The molecule has 0 aliphatic heterocycles. The van der Waals surface area contributed by atoms with Gasteiger partial charge in [-0.15, -0.1) is 0 Å². The standard InChI is InChI=1S/C80H54N6/c1-3-19-55(20-4-1)59-23-17-25-67(53-59)83(63-45-49-65(50-46-63)85-75-33-13-7-27-69(75)70-28-8-14-34-76(70)85)61-41-37-57(38-42-61)79-80(82-74-32-12-11-31-73(74)81-79)58-39-43-62(44-40-58)84(68-26-18-24-60(54-68)56-21-5-2-6-22-56)64-47-51-66(52-48-64)86-77-35-15-9-29-71(77)72-30-10-16-36-78(72)86/h1-54H. The first-order chi connectivity index (χ1) is 42.6. The molecule has 0 atom stereocenters. The molecule has 0 aliphatic carbocycles. The van der Waals surface area contributed by atoms with Gasteiger partial charge in [-0.3, -0.25) is 0 Å². The van der Waals surface area contributed by atoms with Crippen LogP contribution in [0.3, 0.4) is 0 Å². The maximum Gasteiger partial charge on any atom is 0.0973 e. The lowest BCUT2D eigenvalue weighted by Crippen LogP contribution is -2.10. The van der Waals surface area contributed by atoms with E-state index in [0.29, 0.717) is 0 Å². The Morgan fingerprint density at radius 2 is 0.500 bits per heavy atom. The van der Waals surface area contributed by atoms with Crippen molar-refractivity contribution in [1.29, 1.82) is 0 Å². The molecule has 0 fully saturated rings. The lowest BCUT2D eigenvalue weighted by Gasteiger charge is -2.27. The average Bonchev–Trinajstić information content (AvgIpc) is 2.58. The van der Waals surface area contributed by atoms with Crippen molar-refractivity contribution in [3.8, 4) is 56.1 Å². The molecule has 0 N–H and O–H groups in total. The summed E-state index contributed by atoms with van der Waals surface area (Å²) in [7, 11) is 0. The van der Waals surface area contributed by atoms with E-state index in [0.717, 1.165) is 101 Å². The zero-order chi connectivity index (χ0) is 56.9. The molecule has 6 heteroatoms. The Labute approximate surface area is 498 Å². The number of rotatable bonds is 12. The van der Waals surface area contributed by atoms with Crippen LogP contribution in [0.15, 0.2) is 328 Å². The summed E-state index contributed by atoms with van der Waals surface area (Å²) in [5, 5.41) is 4.96. The normalized spacial score (nSPS) is 11.5. The number of hydrogen-bond donors (Lipinski definition) is 0. The van der Waals surface area contributed by atoms with Gasteiger partial charge in [-0.25, -0.2) is 9.97 Å². The fraction of sp³-hybridized carbons (Fsp3) is 0. The molecule has 6 nitrogen and oxygen atoms in total. The van der Waals surface area contributed by atoms with E-state index < -0.39 is 0 Å². The Bertz CT molecular complexity index is 4710. The third kappa shape index (κ3) is 8.92. The summed E-state index contributed by atoms with van der Waals surface area (Å²) in [4.78, 5) is 15.5. The first-order valence-electron chi connectivity index (χ1n) is 29.2. The second-order valence-corrected chi connectivity index (χ2v) is 21.8. The van der Waals surface area contributed by atoms with E-state index >= 15 is 0 Å². The van der Waals surface area contributed by atoms with Crippen molar-refractivity contribution in [3.63, 3.8) is 0 Å². The molecule has 0 radical (unpaired) electrons. The van der Waals surface area contributed by atoms with Crippen LogP contribution in [0.1, 0.15) is 0 Å². The third-order valence-corrected chi connectivity index (χ3v) is 16.7. The number of nitrogens with zero attached hydrogens (tertiary/aromatic N) is 6. The van der Waals surface area contributed by atoms with E-state index in [9.17, 15) is 0 Å². The molecule has 3 heterocycles. The number of fused-ring (bicyclic) bond motifs is 7. The van der Waals surface area contributed by atoms with E-state index in [-0.39, 0.29) is 0 Å². The van der Waals surface area contributed by atoms with Gasteiger partial charge in [0.15, 0.2) is 0 Å². The molecular formula is C80H54N6. The largest absolute Gasteiger partial charge is 0.310 e. The quantitative estimate of drug-likeness (QED) is 0.122. The Morgan fingerprint density at radius 1 is 0.209 bits per heavy atom. The highest BCUT2D eigenvalue weighted by Crippen LogP contribution is 2.43. The van der Waals surface area contributed by atoms with Gasteiger partial charge in [0.25, 0.3) is 0 Å². The molecule has 0 saturated carbocycles. The van der Waals surface area contributed by atoms with Gasteiger partial charge in [0.1, 0.15) is 0 Å². The molecule has 86 heavy (non-hydrogen) atoms. The average molecular weight is 1100 g/mol. The molecule has 3 aromatic heterocycles. The van der Waals surface area contributed by atoms with Gasteiger partial charge in [-0.05, 0) is 156 Å². The predicted molar refractivity (Wildman–Crippen MR) is 359 cm³/mol. The van der Waals surface area contributed by atoms with Crippen molar-refractivity contribution in [3.05, 3.63) is 328 Å². The zero-order valence-corrected chi connectivity index (χ0v) is 46.9. The SMILES string of the molecule is c1ccc(-c2cccc(N(c3ccc(-c4nc5ccccc5nc4-c4ccc(N(c5ccc(-n6c7ccccc7c7ccccc76)cc5)c5cccc(-c6ccccc6)c5)cc4)cc3)c3ccc(-n4c5ccccc5c5ccccc54)cc3)c2)cc1. The summed E-state index contributed by atoms with van der Waals surface area (Å²) in [6, 6.07) is 117. The molecule has 0 spiro atoms. The Balaban J connectivity index is 0.780. The second-order valence-electron chi connectivity index (χ2n) is 21.8. The highest BCUT2D eigenvalue weighted by atomic mass is 15.1. The number of anilines is 6. The molecule has 13 aromatic carbocycles. The van der Waals surface area contributed by atoms with Crippen LogP contribution in [-0.2, 0) is 0 Å². The Hall–Kier alpha value is -11.6. The van der Waals surface area contributed by atoms with E-state index in [1.54, 1.807) is 0 Å². The summed E-state index contributed by atoms with van der Waals surface area (Å²) >= 11 is 0. The van der Waals surface area contributed by atoms with Gasteiger partial charge >= 0.3 is 0 Å². The van der Waals surface area contributed by atoms with Crippen LogP contribution >= 0.6 is 0 Å². The van der Waals surface area contributed by atoms with Crippen molar-refractivity contribution in [2.24, 2.45) is 0 Å². The summed E-state index contributed by atoms with van der Waals surface area (Å²) in [5.74, 6) is 0. The summed E-state index contributed by atoms with van der Waals surface area (Å²) in [6.07, 6.45) is 0. The predicted octanol–water partition coefficient (Wildman–Crippen LogP) is 21.4. The van der Waals surface area contributed by atoms with Crippen LogP contribution in [0.25, 0.3) is 111 Å². The second kappa shape index (κ2) is 21.3.